The Hall–Kier alpha value is -2.56. The van der Waals surface area contributed by atoms with Crippen molar-refractivity contribution in [2.24, 2.45) is 0 Å². The lowest BCUT2D eigenvalue weighted by molar-refractivity contribution is 0.102. The van der Waals surface area contributed by atoms with Crippen LogP contribution in [0.1, 0.15) is 21.7 Å². The van der Waals surface area contributed by atoms with Crippen molar-refractivity contribution in [3.63, 3.8) is 0 Å². The van der Waals surface area contributed by atoms with Gasteiger partial charge in [-0.2, -0.15) is 0 Å². The van der Waals surface area contributed by atoms with Crippen molar-refractivity contribution < 1.29 is 15.0 Å². The molecule has 0 atom stereocenters. The highest BCUT2D eigenvalue weighted by Gasteiger charge is 2.10. The molecule has 1 heterocycles. The highest BCUT2D eigenvalue weighted by atomic mass is 16.3. The maximum absolute atomic E-state index is 12.0. The third kappa shape index (κ3) is 2.82. The van der Waals surface area contributed by atoms with E-state index in [1.54, 1.807) is 19.1 Å². The number of rotatable bonds is 2. The van der Waals surface area contributed by atoms with E-state index in [2.05, 4.69) is 10.3 Å². The predicted molar refractivity (Wildman–Crippen MR) is 71.4 cm³/mol. The van der Waals surface area contributed by atoms with Crippen LogP contribution in [-0.4, -0.2) is 21.1 Å². The molecule has 1 amide bonds. The van der Waals surface area contributed by atoms with E-state index in [9.17, 15) is 15.0 Å². The Morgan fingerprint density at radius 1 is 1.11 bits per heavy atom. The first-order valence-corrected chi connectivity index (χ1v) is 5.75. The first kappa shape index (κ1) is 12.9. The average molecular weight is 258 g/mol. The van der Waals surface area contributed by atoms with Crippen molar-refractivity contribution in [1.29, 1.82) is 0 Å². The number of nitrogens with zero attached hydrogens (tertiary/aromatic N) is 1. The topological polar surface area (TPSA) is 82.5 Å². The fourth-order valence-corrected chi connectivity index (χ4v) is 1.68. The van der Waals surface area contributed by atoms with E-state index in [0.29, 0.717) is 5.69 Å². The molecular formula is C14H14N2O3. The van der Waals surface area contributed by atoms with Crippen LogP contribution in [0.4, 0.5) is 5.69 Å². The maximum Gasteiger partial charge on any atom is 0.255 e. The summed E-state index contributed by atoms with van der Waals surface area (Å²) in [4.78, 5) is 16.2. The number of aryl methyl sites for hydroxylation is 2. The number of amides is 1. The van der Waals surface area contributed by atoms with Gasteiger partial charge in [-0.15, -0.1) is 0 Å². The molecule has 0 radical (unpaired) electrons. The molecule has 98 valence electrons. The van der Waals surface area contributed by atoms with Crippen LogP contribution in [0.3, 0.4) is 0 Å². The molecule has 0 saturated heterocycles. The number of hydrogen-bond donors (Lipinski definition) is 3. The van der Waals surface area contributed by atoms with Crippen LogP contribution in [0.5, 0.6) is 11.5 Å². The van der Waals surface area contributed by atoms with Gasteiger partial charge in [-0.3, -0.25) is 9.78 Å². The number of hydrogen-bond acceptors (Lipinski definition) is 4. The Balaban J connectivity index is 2.23. The number of nitrogens with one attached hydrogen (secondary N) is 1. The van der Waals surface area contributed by atoms with Crippen LogP contribution < -0.4 is 5.32 Å². The van der Waals surface area contributed by atoms with Crippen LogP contribution in [0.2, 0.25) is 0 Å². The molecule has 2 aromatic rings. The van der Waals surface area contributed by atoms with Crippen molar-refractivity contribution >= 4 is 11.6 Å². The van der Waals surface area contributed by atoms with E-state index >= 15 is 0 Å². The number of carbonyl (C=O) groups is 1. The molecule has 3 N–H and O–H groups in total. The van der Waals surface area contributed by atoms with E-state index in [4.69, 9.17) is 0 Å². The van der Waals surface area contributed by atoms with Crippen molar-refractivity contribution in [2.45, 2.75) is 13.8 Å². The van der Waals surface area contributed by atoms with Gasteiger partial charge in [0.15, 0.2) is 11.5 Å². The zero-order valence-electron chi connectivity index (χ0n) is 10.6. The lowest BCUT2D eigenvalue weighted by Crippen LogP contribution is -2.13. The number of aromatic nitrogens is 1. The average Bonchev–Trinajstić information content (AvgIpc) is 2.36. The number of aromatic hydroxyl groups is 2. The fourth-order valence-electron chi connectivity index (χ4n) is 1.68. The van der Waals surface area contributed by atoms with Gasteiger partial charge < -0.3 is 15.5 Å². The van der Waals surface area contributed by atoms with Crippen LogP contribution in [0.15, 0.2) is 30.3 Å². The number of benzene rings is 1. The smallest absolute Gasteiger partial charge is 0.255 e. The van der Waals surface area contributed by atoms with Crippen LogP contribution >= 0.6 is 0 Å². The Bertz CT molecular complexity index is 639. The van der Waals surface area contributed by atoms with Gasteiger partial charge in [0.1, 0.15) is 0 Å². The molecule has 5 heteroatoms. The Kier molecular flexibility index (Phi) is 3.37. The first-order valence-electron chi connectivity index (χ1n) is 5.75. The lowest BCUT2D eigenvalue weighted by Gasteiger charge is -2.09. The monoisotopic (exact) mass is 258 g/mol. The van der Waals surface area contributed by atoms with Gasteiger partial charge in [0.05, 0.1) is 11.4 Å². The van der Waals surface area contributed by atoms with E-state index in [-0.39, 0.29) is 23.0 Å². The third-order valence-electron chi connectivity index (χ3n) is 2.71. The largest absolute Gasteiger partial charge is 0.504 e. The summed E-state index contributed by atoms with van der Waals surface area (Å²) in [6.45, 7) is 3.67. The van der Waals surface area contributed by atoms with Gasteiger partial charge in [0.25, 0.3) is 5.91 Å². The molecule has 0 unspecified atom stereocenters. The van der Waals surface area contributed by atoms with E-state index in [1.807, 2.05) is 6.92 Å². The normalized spacial score (nSPS) is 10.2. The first-order chi connectivity index (χ1) is 8.97. The quantitative estimate of drug-likeness (QED) is 0.722. The molecule has 1 aromatic heterocycles. The van der Waals surface area contributed by atoms with Crippen molar-refractivity contribution in [1.82, 2.24) is 4.98 Å². The highest BCUT2D eigenvalue weighted by Crippen LogP contribution is 2.25. The zero-order chi connectivity index (χ0) is 14.0. The predicted octanol–water partition coefficient (Wildman–Crippen LogP) is 2.36. The van der Waals surface area contributed by atoms with E-state index in [1.165, 1.54) is 18.2 Å². The summed E-state index contributed by atoms with van der Waals surface area (Å²) in [5.74, 6) is -0.958. The molecule has 0 fully saturated rings. The zero-order valence-corrected chi connectivity index (χ0v) is 10.6. The molecule has 0 saturated carbocycles. The molecule has 0 aliphatic rings. The minimum absolute atomic E-state index is 0.260. The second-order valence-electron chi connectivity index (χ2n) is 4.24. The third-order valence-corrected chi connectivity index (χ3v) is 2.71. The minimum Gasteiger partial charge on any atom is -0.504 e. The molecular weight excluding hydrogens is 244 g/mol. The number of phenolic OH excluding ortho intramolecular Hbond substituents is 2. The second-order valence-corrected chi connectivity index (χ2v) is 4.24. The Morgan fingerprint density at radius 2 is 1.84 bits per heavy atom. The molecule has 2 rings (SSSR count). The maximum atomic E-state index is 12.0. The highest BCUT2D eigenvalue weighted by molar-refractivity contribution is 6.04. The SMILES string of the molecule is Cc1ccc(NC(=O)c2ccc(O)c(O)c2)c(C)n1. The van der Waals surface area contributed by atoms with Gasteiger partial charge in [-0.1, -0.05) is 0 Å². The van der Waals surface area contributed by atoms with Crippen molar-refractivity contribution in [2.75, 3.05) is 5.32 Å². The summed E-state index contributed by atoms with van der Waals surface area (Å²) < 4.78 is 0. The summed E-state index contributed by atoms with van der Waals surface area (Å²) in [7, 11) is 0. The minimum atomic E-state index is -0.371. The summed E-state index contributed by atoms with van der Waals surface area (Å²) in [5.41, 5.74) is 2.47. The summed E-state index contributed by atoms with van der Waals surface area (Å²) >= 11 is 0. The number of phenols is 2. The lowest BCUT2D eigenvalue weighted by atomic mass is 10.2. The molecule has 5 nitrogen and oxygen atoms in total. The van der Waals surface area contributed by atoms with Crippen LogP contribution in [0.25, 0.3) is 0 Å². The molecule has 1 aromatic carbocycles. The van der Waals surface area contributed by atoms with E-state index < -0.39 is 0 Å². The number of anilines is 1. The number of carbonyl (C=O) groups excluding carboxylic acids is 1. The molecule has 0 spiro atoms. The van der Waals surface area contributed by atoms with Crippen LogP contribution in [0, 0.1) is 13.8 Å². The van der Waals surface area contributed by atoms with E-state index in [0.717, 1.165) is 11.4 Å². The standard InChI is InChI=1S/C14H14N2O3/c1-8-3-5-11(9(2)15-8)16-14(19)10-4-6-12(17)13(18)7-10/h3-7,17-18H,1-2H3,(H,16,19). The van der Waals surface area contributed by atoms with Crippen LogP contribution in [-0.2, 0) is 0 Å². The van der Waals surface area contributed by atoms with Gasteiger partial charge in [0.2, 0.25) is 0 Å². The Labute approximate surface area is 110 Å². The molecule has 0 bridgehead atoms. The summed E-state index contributed by atoms with van der Waals surface area (Å²) in [6, 6.07) is 7.49. The Morgan fingerprint density at radius 3 is 2.47 bits per heavy atom. The molecule has 0 aliphatic carbocycles. The second kappa shape index (κ2) is 4.97. The number of pyridine rings is 1. The fraction of sp³-hybridized carbons (Fsp3) is 0.143. The molecule has 0 aliphatic heterocycles. The van der Waals surface area contributed by atoms with Crippen molar-refractivity contribution in [3.8, 4) is 11.5 Å². The van der Waals surface area contributed by atoms with Gasteiger partial charge in [-0.25, -0.2) is 0 Å². The van der Waals surface area contributed by atoms with Gasteiger partial charge in [-0.05, 0) is 44.2 Å². The molecule has 19 heavy (non-hydrogen) atoms. The summed E-state index contributed by atoms with van der Waals surface area (Å²) in [6.07, 6.45) is 0. The van der Waals surface area contributed by atoms with Gasteiger partial charge >= 0.3 is 0 Å². The van der Waals surface area contributed by atoms with Crippen molar-refractivity contribution in [3.05, 3.63) is 47.3 Å². The summed E-state index contributed by atoms with van der Waals surface area (Å²) in [5, 5.41) is 21.3. The van der Waals surface area contributed by atoms with Gasteiger partial charge in [0, 0.05) is 11.3 Å².